The highest BCUT2D eigenvalue weighted by atomic mass is 16.7. The zero-order valence-corrected chi connectivity index (χ0v) is 46.4. The van der Waals surface area contributed by atoms with Gasteiger partial charge in [0.25, 0.3) is 0 Å². The van der Waals surface area contributed by atoms with Crippen molar-refractivity contribution < 1.29 is 73.0 Å². The number of aromatic nitrogens is 1. The maximum absolute atomic E-state index is 14.6. The van der Waals surface area contributed by atoms with Crippen LogP contribution in [-0.2, 0) is 49.3 Å². The summed E-state index contributed by atoms with van der Waals surface area (Å²) < 4.78 is 53.4. The van der Waals surface area contributed by atoms with Crippen LogP contribution >= 0.6 is 0 Å². The summed E-state index contributed by atoms with van der Waals surface area (Å²) in [5, 5.41) is 58.2. The van der Waals surface area contributed by atoms with Crippen molar-refractivity contribution in [3.05, 3.63) is 45.7 Å². The molecule has 6 rings (SSSR count). The number of likely N-dealkylation sites (N-methyl/N-ethyl adjacent to an activating group) is 2. The molecular weight excluding hydrogens is 959 g/mol. The van der Waals surface area contributed by atoms with Crippen LogP contribution in [0.5, 0.6) is 0 Å². The molecule has 19 heteroatoms. The van der Waals surface area contributed by atoms with Crippen LogP contribution in [0, 0.1) is 17.8 Å². The number of hydrogen-bond acceptors (Lipinski definition) is 17. The summed E-state index contributed by atoms with van der Waals surface area (Å²) in [6.07, 6.45) is -4.24. The number of carbonyl (C=O) groups excluding carboxylic acids is 1. The lowest BCUT2D eigenvalue weighted by Crippen LogP contribution is -2.61. The van der Waals surface area contributed by atoms with Gasteiger partial charge in [-0.2, -0.15) is 0 Å². The van der Waals surface area contributed by atoms with Crippen molar-refractivity contribution in [1.82, 2.24) is 14.4 Å². The lowest BCUT2D eigenvalue weighted by molar-refractivity contribution is -0.321. The Hall–Kier alpha value is -3.15. The maximum atomic E-state index is 14.6. The molecule has 1 aliphatic carbocycles. The number of cyclic esters (lactones) is 1. The predicted molar refractivity (Wildman–Crippen MR) is 276 cm³/mol. The molecule has 420 valence electrons. The number of carboxylic acid groups (broad SMARTS) is 1. The molecule has 3 aliphatic heterocycles. The molecule has 0 unspecified atom stereocenters. The van der Waals surface area contributed by atoms with E-state index in [0.717, 1.165) is 18.4 Å². The van der Waals surface area contributed by atoms with Crippen LogP contribution in [0.4, 0.5) is 0 Å². The number of carboxylic acids is 1. The molecule has 19 nitrogen and oxygen atoms in total. The van der Waals surface area contributed by atoms with Crippen molar-refractivity contribution >= 4 is 22.8 Å². The van der Waals surface area contributed by atoms with E-state index in [4.69, 9.17) is 37.9 Å². The Balaban J connectivity index is 1.21. The molecule has 0 amide bonds. The number of aromatic carboxylic acids is 1. The first-order valence-corrected chi connectivity index (χ1v) is 26.8. The van der Waals surface area contributed by atoms with E-state index in [9.17, 15) is 39.9 Å². The number of ether oxygens (including phenoxy) is 8. The summed E-state index contributed by atoms with van der Waals surface area (Å²) in [6.45, 7) is 19.2. The molecule has 4 fully saturated rings. The zero-order chi connectivity index (χ0) is 54.8. The largest absolute Gasteiger partial charge is 0.477 e. The van der Waals surface area contributed by atoms with Gasteiger partial charge in [-0.25, -0.2) is 4.79 Å². The molecule has 2 aromatic rings. The second kappa shape index (κ2) is 24.7. The van der Waals surface area contributed by atoms with Crippen molar-refractivity contribution in [2.24, 2.45) is 17.8 Å². The van der Waals surface area contributed by atoms with Gasteiger partial charge in [0.2, 0.25) is 5.43 Å². The molecule has 3 saturated heterocycles. The predicted octanol–water partition coefficient (Wildman–Crippen LogP) is 4.88. The minimum absolute atomic E-state index is 0.169. The van der Waals surface area contributed by atoms with E-state index in [1.54, 1.807) is 40.9 Å². The van der Waals surface area contributed by atoms with Crippen molar-refractivity contribution in [2.45, 2.75) is 217 Å². The third kappa shape index (κ3) is 13.6. The highest BCUT2D eigenvalue weighted by molar-refractivity contribution is 5.92. The van der Waals surface area contributed by atoms with Crippen LogP contribution in [0.3, 0.4) is 0 Å². The monoisotopic (exact) mass is 1050 g/mol. The van der Waals surface area contributed by atoms with E-state index in [1.807, 2.05) is 82.3 Å². The second-order valence-electron chi connectivity index (χ2n) is 23.1. The van der Waals surface area contributed by atoms with E-state index in [-0.39, 0.29) is 62.1 Å². The Bertz CT molecular complexity index is 2250. The molecule has 1 aromatic carbocycles. The second-order valence-corrected chi connectivity index (χ2v) is 23.1. The van der Waals surface area contributed by atoms with Crippen LogP contribution in [0.1, 0.15) is 136 Å². The van der Waals surface area contributed by atoms with E-state index in [0.29, 0.717) is 36.9 Å². The number of pyridine rings is 1. The van der Waals surface area contributed by atoms with Gasteiger partial charge in [-0.05, 0) is 132 Å². The van der Waals surface area contributed by atoms with Crippen LogP contribution in [0.15, 0.2) is 29.2 Å². The number of rotatable bonds is 16. The van der Waals surface area contributed by atoms with Crippen molar-refractivity contribution in [2.75, 3.05) is 48.0 Å². The summed E-state index contributed by atoms with van der Waals surface area (Å²) in [5.41, 5.74) is -3.72. The number of hydrogen-bond donors (Lipinski definition) is 5. The van der Waals surface area contributed by atoms with Gasteiger partial charge in [-0.1, -0.05) is 26.8 Å². The quantitative estimate of drug-likeness (QED) is 0.111. The van der Waals surface area contributed by atoms with Gasteiger partial charge in [0, 0.05) is 68.9 Å². The third-order valence-corrected chi connectivity index (χ3v) is 16.4. The van der Waals surface area contributed by atoms with Crippen molar-refractivity contribution in [3.63, 3.8) is 0 Å². The Kier molecular flexibility index (Phi) is 20.0. The van der Waals surface area contributed by atoms with Gasteiger partial charge in [0.1, 0.15) is 35.6 Å². The summed E-state index contributed by atoms with van der Waals surface area (Å²) in [4.78, 5) is 43.5. The first-order chi connectivity index (χ1) is 34.6. The molecule has 4 aliphatic rings. The Morgan fingerprint density at radius 1 is 0.946 bits per heavy atom. The van der Waals surface area contributed by atoms with Gasteiger partial charge in [0.15, 0.2) is 12.6 Å². The van der Waals surface area contributed by atoms with Crippen molar-refractivity contribution in [3.8, 4) is 0 Å². The van der Waals surface area contributed by atoms with Gasteiger partial charge >= 0.3 is 11.9 Å². The number of esters is 1. The molecular formula is C55H89N3O16. The lowest BCUT2D eigenvalue weighted by atomic mass is 9.77. The Morgan fingerprint density at radius 3 is 2.26 bits per heavy atom. The number of carbonyl (C=O) groups is 2. The van der Waals surface area contributed by atoms with E-state index in [1.165, 1.54) is 13.1 Å². The van der Waals surface area contributed by atoms with E-state index in [2.05, 4.69) is 0 Å². The maximum Gasteiger partial charge on any atom is 0.341 e. The number of nitrogens with zero attached hydrogens (tertiary/aromatic N) is 3. The summed E-state index contributed by atoms with van der Waals surface area (Å²) in [5.74, 6) is -3.98. The minimum Gasteiger partial charge on any atom is -0.477 e. The molecule has 1 aromatic heterocycles. The SMILES string of the molecule is CC[C@H]1OC(=O)[C@H](C)[C@@H](O[C@H]2C[C@@](C)(OC)[C@@H](OCCCOCc3ccc4c(c3)c(=O)c(C(=O)O)cn4C3CC3)[C@H](C)O2)[C@H](C)[C@@H](O[C@@H]2O[C@H](C)C[C@H](N(C)C)[C@H]2O)[C@](C)(O)C[C@@H](C)CN(C)[C@H](C)[C@@H](O)[C@]1(C)O. The fraction of sp³-hybridized carbons (Fsp3) is 0.800. The highest BCUT2D eigenvalue weighted by Gasteiger charge is 2.53. The fourth-order valence-electron chi connectivity index (χ4n) is 11.9. The summed E-state index contributed by atoms with van der Waals surface area (Å²) in [7, 11) is 7.20. The van der Waals surface area contributed by atoms with Gasteiger partial charge in [-0.3, -0.25) is 9.59 Å². The van der Waals surface area contributed by atoms with E-state index < -0.39 is 107 Å². The van der Waals surface area contributed by atoms with Gasteiger partial charge < -0.3 is 77.8 Å². The van der Waals surface area contributed by atoms with Crippen LogP contribution < -0.4 is 5.43 Å². The highest BCUT2D eigenvalue weighted by Crippen LogP contribution is 2.41. The molecule has 0 bridgehead atoms. The van der Waals surface area contributed by atoms with Crippen LogP contribution in [0.25, 0.3) is 10.9 Å². The van der Waals surface area contributed by atoms with Crippen molar-refractivity contribution in [1.29, 1.82) is 0 Å². The van der Waals surface area contributed by atoms with Gasteiger partial charge in [-0.15, -0.1) is 0 Å². The first-order valence-electron chi connectivity index (χ1n) is 26.8. The van der Waals surface area contributed by atoms with Crippen LogP contribution in [0.2, 0.25) is 0 Å². The number of benzene rings is 1. The smallest absolute Gasteiger partial charge is 0.341 e. The number of methoxy groups -OCH3 is 1. The number of aliphatic hydroxyl groups excluding tert-OH is 2. The average Bonchev–Trinajstić information content (AvgIpc) is 4.18. The topological polar surface area (TPSA) is 238 Å². The number of aliphatic hydroxyl groups is 4. The minimum atomic E-state index is -1.84. The molecule has 1 saturated carbocycles. The molecule has 5 N–H and O–H groups in total. The fourth-order valence-corrected chi connectivity index (χ4v) is 11.9. The average molecular weight is 1050 g/mol. The van der Waals surface area contributed by atoms with Crippen LogP contribution in [-0.4, -0.2) is 190 Å². The van der Waals surface area contributed by atoms with Gasteiger partial charge in [0.05, 0.1) is 53.7 Å². The summed E-state index contributed by atoms with van der Waals surface area (Å²) >= 11 is 0. The molecule has 18 atom stereocenters. The first kappa shape index (κ1) is 60.1. The molecule has 4 heterocycles. The molecule has 0 spiro atoms. The Morgan fingerprint density at radius 2 is 1.64 bits per heavy atom. The molecule has 74 heavy (non-hydrogen) atoms. The summed E-state index contributed by atoms with van der Waals surface area (Å²) in [6, 6.07) is 4.76. The normalized spacial score (nSPS) is 39.4. The van der Waals surface area contributed by atoms with E-state index >= 15 is 0 Å². The third-order valence-electron chi connectivity index (χ3n) is 16.4. The standard InChI is InChI=1S/C55H89N3O16/c1-15-42-55(10,66)47(61)34(6)57(13)27-30(2)25-53(8,65)48(74-52-45(60)41(56(11)12)23-31(3)70-52)32(4)46(33(5)51(64)72-42)73-43-26-54(9,67-14)49(35(7)71-43)69-22-16-21-68-29-36-17-20-40-38(24-36)44(59)39(50(62)63)28-58(40)37-18-19-37/h17,20,24,28,30-35,37,41-43,45-49,52,60-61,65-66H,15-16,18-19,21-23,25-27,29H2,1-14H3,(H,62,63)/t30-,31-,32+,33-,34-,35+,41+,42-,43+,45-,46+,47-,48-,49+,52+,53-,54-,55-/m1/s1. The Labute approximate surface area is 437 Å². The zero-order valence-electron chi connectivity index (χ0n) is 46.4. The molecule has 0 radical (unpaired) electrons. The number of fused-ring (bicyclic) bond motifs is 1. The lowest BCUT2D eigenvalue weighted by Gasteiger charge is -2.49.